The van der Waals surface area contributed by atoms with E-state index in [1.807, 2.05) is 23.2 Å². The van der Waals surface area contributed by atoms with Gasteiger partial charge >= 0.3 is 0 Å². The summed E-state index contributed by atoms with van der Waals surface area (Å²) < 4.78 is 15.6. The SMILES string of the molecule is CN(C[C@@H]1C[C@H](F)CN1c1cccnn1)C(=O)CCn1cccn1. The number of alkyl halides is 1. The Bertz CT molecular complexity index is 650. The van der Waals surface area contributed by atoms with Crippen molar-refractivity contribution in [3.8, 4) is 0 Å². The molecule has 1 saturated heterocycles. The molecule has 0 unspecified atom stereocenters. The van der Waals surface area contributed by atoms with Gasteiger partial charge in [-0.1, -0.05) is 0 Å². The van der Waals surface area contributed by atoms with Crippen LogP contribution in [0.15, 0.2) is 36.8 Å². The van der Waals surface area contributed by atoms with Crippen LogP contribution in [-0.2, 0) is 11.3 Å². The van der Waals surface area contributed by atoms with Crippen molar-refractivity contribution in [1.29, 1.82) is 0 Å². The van der Waals surface area contributed by atoms with Gasteiger partial charge in [0.1, 0.15) is 6.17 Å². The fraction of sp³-hybridized carbons (Fsp3) is 0.500. The maximum atomic E-state index is 13.9. The highest BCUT2D eigenvalue weighted by Crippen LogP contribution is 2.25. The van der Waals surface area contributed by atoms with E-state index in [1.54, 1.807) is 35.1 Å². The van der Waals surface area contributed by atoms with Gasteiger partial charge in [0, 0.05) is 51.6 Å². The van der Waals surface area contributed by atoms with E-state index in [0.717, 1.165) is 0 Å². The summed E-state index contributed by atoms with van der Waals surface area (Å²) in [7, 11) is 1.76. The number of hydrogen-bond donors (Lipinski definition) is 0. The van der Waals surface area contributed by atoms with Gasteiger partial charge in [-0.2, -0.15) is 10.2 Å². The van der Waals surface area contributed by atoms with Crippen LogP contribution in [0.1, 0.15) is 12.8 Å². The third-order valence-electron chi connectivity index (χ3n) is 4.24. The predicted molar refractivity (Wildman–Crippen MR) is 87.2 cm³/mol. The first-order valence-electron chi connectivity index (χ1n) is 8.03. The van der Waals surface area contributed by atoms with Gasteiger partial charge in [0.15, 0.2) is 5.82 Å². The molecule has 0 spiro atoms. The normalized spacial score (nSPS) is 20.3. The third kappa shape index (κ3) is 3.87. The number of halogens is 1. The second kappa shape index (κ2) is 7.37. The molecule has 7 nitrogen and oxygen atoms in total. The molecule has 2 aromatic rings. The van der Waals surface area contributed by atoms with Crippen LogP contribution in [-0.4, -0.2) is 63.1 Å². The number of anilines is 1. The molecule has 0 bridgehead atoms. The highest BCUT2D eigenvalue weighted by atomic mass is 19.1. The summed E-state index contributed by atoms with van der Waals surface area (Å²) in [5, 5.41) is 12.0. The van der Waals surface area contributed by atoms with E-state index in [0.29, 0.717) is 38.3 Å². The summed E-state index contributed by atoms with van der Waals surface area (Å²) in [5.41, 5.74) is 0. The van der Waals surface area contributed by atoms with Crippen molar-refractivity contribution >= 4 is 11.7 Å². The van der Waals surface area contributed by atoms with Crippen LogP contribution in [0, 0.1) is 0 Å². The van der Waals surface area contributed by atoms with E-state index in [9.17, 15) is 9.18 Å². The second-order valence-electron chi connectivity index (χ2n) is 6.01. The van der Waals surface area contributed by atoms with Gasteiger partial charge in [-0.15, -0.1) is 5.10 Å². The standard InChI is InChI=1S/C16H21FN6O/c1-21(16(24)5-9-22-8-3-7-19-22)12-14-10-13(17)11-23(14)15-4-2-6-18-20-15/h2-4,6-8,13-14H,5,9-12H2,1H3/t13-,14-/m0/s1. The number of likely N-dealkylation sites (N-methyl/N-ethyl adjacent to an activating group) is 1. The van der Waals surface area contributed by atoms with Crippen LogP contribution in [0.3, 0.4) is 0 Å². The summed E-state index contributed by atoms with van der Waals surface area (Å²) in [6, 6.07) is 5.34. The zero-order valence-corrected chi connectivity index (χ0v) is 13.6. The van der Waals surface area contributed by atoms with E-state index in [2.05, 4.69) is 15.3 Å². The molecule has 0 N–H and O–H groups in total. The molecule has 8 heteroatoms. The highest BCUT2D eigenvalue weighted by Gasteiger charge is 2.34. The monoisotopic (exact) mass is 332 g/mol. The van der Waals surface area contributed by atoms with E-state index in [4.69, 9.17) is 0 Å². The first kappa shape index (κ1) is 16.4. The number of hydrogen-bond acceptors (Lipinski definition) is 5. The summed E-state index contributed by atoms with van der Waals surface area (Å²) >= 11 is 0. The molecule has 1 aliphatic heterocycles. The van der Waals surface area contributed by atoms with Crippen molar-refractivity contribution in [2.75, 3.05) is 25.0 Å². The molecule has 0 radical (unpaired) electrons. The van der Waals surface area contributed by atoms with Crippen LogP contribution in [0.25, 0.3) is 0 Å². The fourth-order valence-corrected chi connectivity index (χ4v) is 3.01. The lowest BCUT2D eigenvalue weighted by atomic mass is 10.2. The summed E-state index contributed by atoms with van der Waals surface area (Å²) in [4.78, 5) is 15.9. The maximum Gasteiger partial charge on any atom is 0.224 e. The highest BCUT2D eigenvalue weighted by molar-refractivity contribution is 5.75. The van der Waals surface area contributed by atoms with Crippen molar-refractivity contribution in [3.63, 3.8) is 0 Å². The van der Waals surface area contributed by atoms with Crippen LogP contribution in [0.4, 0.5) is 10.2 Å². The minimum Gasteiger partial charge on any atom is -0.347 e. The average molecular weight is 332 g/mol. The molecular weight excluding hydrogens is 311 g/mol. The van der Waals surface area contributed by atoms with Gasteiger partial charge in [-0.3, -0.25) is 9.48 Å². The van der Waals surface area contributed by atoms with Gasteiger partial charge in [0.2, 0.25) is 5.91 Å². The Hall–Kier alpha value is -2.51. The van der Waals surface area contributed by atoms with Gasteiger partial charge in [0.05, 0.1) is 12.6 Å². The molecule has 2 aromatic heterocycles. The fourth-order valence-electron chi connectivity index (χ4n) is 3.01. The number of aryl methyl sites for hydroxylation is 1. The summed E-state index contributed by atoms with van der Waals surface area (Å²) in [6.07, 6.45) is 4.96. The van der Waals surface area contributed by atoms with Crippen molar-refractivity contribution in [2.24, 2.45) is 0 Å². The van der Waals surface area contributed by atoms with E-state index >= 15 is 0 Å². The van der Waals surface area contributed by atoms with Gasteiger partial charge in [-0.05, 0) is 18.2 Å². The van der Waals surface area contributed by atoms with Gasteiger partial charge in [0.25, 0.3) is 0 Å². The quantitative estimate of drug-likeness (QED) is 0.793. The van der Waals surface area contributed by atoms with E-state index in [1.165, 1.54) is 0 Å². The lowest BCUT2D eigenvalue weighted by Gasteiger charge is -2.29. The van der Waals surface area contributed by atoms with Crippen molar-refractivity contribution < 1.29 is 9.18 Å². The number of amides is 1. The lowest BCUT2D eigenvalue weighted by molar-refractivity contribution is -0.130. The zero-order chi connectivity index (χ0) is 16.9. The number of carbonyl (C=O) groups is 1. The molecular formula is C16H21FN6O. The molecule has 3 heterocycles. The van der Waals surface area contributed by atoms with Crippen LogP contribution >= 0.6 is 0 Å². The summed E-state index contributed by atoms with van der Waals surface area (Å²) in [6.45, 7) is 1.30. The Kier molecular flexibility index (Phi) is 5.02. The maximum absolute atomic E-state index is 13.9. The Labute approximate surface area is 140 Å². The molecule has 128 valence electrons. The smallest absolute Gasteiger partial charge is 0.224 e. The van der Waals surface area contributed by atoms with Crippen molar-refractivity contribution in [1.82, 2.24) is 24.9 Å². The van der Waals surface area contributed by atoms with Gasteiger partial charge < -0.3 is 9.80 Å². The minimum absolute atomic E-state index is 0.0203. The largest absolute Gasteiger partial charge is 0.347 e. The molecule has 1 amide bonds. The number of rotatable bonds is 6. The Morgan fingerprint density at radius 1 is 1.42 bits per heavy atom. The Morgan fingerprint density at radius 2 is 2.29 bits per heavy atom. The first-order chi connectivity index (χ1) is 11.6. The van der Waals surface area contributed by atoms with Crippen molar-refractivity contribution in [2.45, 2.75) is 31.6 Å². The molecule has 2 atom stereocenters. The molecule has 1 fully saturated rings. The zero-order valence-electron chi connectivity index (χ0n) is 13.6. The Balaban J connectivity index is 1.57. The average Bonchev–Trinajstić information content (AvgIpc) is 3.23. The minimum atomic E-state index is -0.912. The van der Waals surface area contributed by atoms with Crippen LogP contribution in [0.5, 0.6) is 0 Å². The van der Waals surface area contributed by atoms with Crippen LogP contribution in [0.2, 0.25) is 0 Å². The third-order valence-corrected chi connectivity index (χ3v) is 4.24. The molecule has 0 aromatic carbocycles. The van der Waals surface area contributed by atoms with E-state index < -0.39 is 6.17 Å². The molecule has 0 aliphatic carbocycles. The molecule has 3 rings (SSSR count). The first-order valence-corrected chi connectivity index (χ1v) is 8.03. The number of nitrogens with zero attached hydrogens (tertiary/aromatic N) is 6. The summed E-state index contributed by atoms with van der Waals surface area (Å²) in [5.74, 6) is 0.673. The number of carbonyl (C=O) groups excluding carboxylic acids is 1. The Morgan fingerprint density at radius 3 is 3.00 bits per heavy atom. The lowest BCUT2D eigenvalue weighted by Crippen LogP contribution is -2.41. The topological polar surface area (TPSA) is 67.2 Å². The molecule has 1 aliphatic rings. The van der Waals surface area contributed by atoms with Gasteiger partial charge in [-0.25, -0.2) is 4.39 Å². The predicted octanol–water partition coefficient (Wildman–Crippen LogP) is 1.14. The molecule has 0 saturated carbocycles. The van der Waals surface area contributed by atoms with Crippen molar-refractivity contribution in [3.05, 3.63) is 36.8 Å². The second-order valence-corrected chi connectivity index (χ2v) is 6.01. The molecule has 24 heavy (non-hydrogen) atoms. The van der Waals surface area contributed by atoms with Crippen LogP contribution < -0.4 is 4.90 Å². The van der Waals surface area contributed by atoms with E-state index in [-0.39, 0.29) is 11.9 Å². The number of aromatic nitrogens is 4.